The number of quaternary nitrogens is 1. The summed E-state index contributed by atoms with van der Waals surface area (Å²) in [5.74, 6) is 1.23. The number of thiophene rings is 1. The van der Waals surface area contributed by atoms with E-state index in [1.165, 1.54) is 16.1 Å². The predicted molar refractivity (Wildman–Crippen MR) is 55.0 cm³/mol. The largest absolute Gasteiger partial charge is 0.324 e. The zero-order valence-electron chi connectivity index (χ0n) is 8.35. The van der Waals surface area contributed by atoms with Crippen LogP contribution in [0.1, 0.15) is 50.0 Å². The van der Waals surface area contributed by atoms with Gasteiger partial charge in [0.2, 0.25) is 0 Å². The molecule has 1 nitrogen and oxygen atoms in total. The van der Waals surface area contributed by atoms with E-state index in [1.54, 1.807) is 0 Å². The molecular weight excluding hydrogens is 166 g/mol. The molecule has 0 spiro atoms. The first-order valence-corrected chi connectivity index (χ1v) is 5.35. The molecule has 1 aromatic rings. The Kier molecular flexibility index (Phi) is 2.91. The predicted octanol–water partition coefficient (Wildman–Crippen LogP) is 2.87. The molecule has 68 valence electrons. The molecule has 3 N–H and O–H groups in total. The van der Waals surface area contributed by atoms with Crippen LogP contribution < -0.4 is 5.73 Å². The van der Waals surface area contributed by atoms with E-state index in [1.807, 2.05) is 11.3 Å². The normalized spacial score (nSPS) is 11.6. The Morgan fingerprint density at radius 3 is 2.00 bits per heavy atom. The van der Waals surface area contributed by atoms with Gasteiger partial charge in [-0.3, -0.25) is 0 Å². The van der Waals surface area contributed by atoms with Crippen molar-refractivity contribution in [2.45, 2.75) is 39.5 Å². The van der Waals surface area contributed by atoms with Crippen molar-refractivity contribution < 1.29 is 5.73 Å². The van der Waals surface area contributed by atoms with E-state index in [0.29, 0.717) is 11.8 Å². The lowest BCUT2D eigenvalue weighted by Crippen LogP contribution is -2.42. The average molecular weight is 184 g/mol. The summed E-state index contributed by atoms with van der Waals surface area (Å²) >= 11 is 1.85. The van der Waals surface area contributed by atoms with Crippen LogP contribution in [0.4, 0.5) is 5.69 Å². The second-order valence-electron chi connectivity index (χ2n) is 3.84. The van der Waals surface area contributed by atoms with Gasteiger partial charge in [0.05, 0.1) is 4.88 Å². The monoisotopic (exact) mass is 184 g/mol. The van der Waals surface area contributed by atoms with Gasteiger partial charge in [0.25, 0.3) is 0 Å². The Hall–Kier alpha value is -0.340. The summed E-state index contributed by atoms with van der Waals surface area (Å²) in [5, 5.41) is 2.25. The molecule has 0 aliphatic heterocycles. The molecule has 12 heavy (non-hydrogen) atoms. The second-order valence-corrected chi connectivity index (χ2v) is 4.75. The number of hydrogen-bond acceptors (Lipinski definition) is 1. The smallest absolute Gasteiger partial charge is 0.145 e. The molecule has 0 saturated heterocycles. The van der Waals surface area contributed by atoms with Gasteiger partial charge in [-0.05, 0) is 11.8 Å². The minimum atomic E-state index is 0.612. The van der Waals surface area contributed by atoms with Gasteiger partial charge in [0, 0.05) is 10.9 Å². The van der Waals surface area contributed by atoms with Crippen molar-refractivity contribution in [2.75, 3.05) is 0 Å². The van der Waals surface area contributed by atoms with Crippen LogP contribution in [-0.2, 0) is 0 Å². The van der Waals surface area contributed by atoms with Crippen molar-refractivity contribution in [3.8, 4) is 0 Å². The van der Waals surface area contributed by atoms with Gasteiger partial charge in [-0.25, -0.2) is 0 Å². The summed E-state index contributed by atoms with van der Waals surface area (Å²) in [4.78, 5) is 1.44. The highest BCUT2D eigenvalue weighted by Crippen LogP contribution is 2.34. The van der Waals surface area contributed by atoms with Gasteiger partial charge in [0.15, 0.2) is 0 Å². The highest BCUT2D eigenvalue weighted by Gasteiger charge is 2.16. The third-order valence-electron chi connectivity index (χ3n) is 2.11. The maximum atomic E-state index is 4.13. The molecule has 0 unspecified atom stereocenters. The third kappa shape index (κ3) is 1.70. The van der Waals surface area contributed by atoms with Crippen molar-refractivity contribution in [2.24, 2.45) is 0 Å². The molecule has 0 bridgehead atoms. The molecule has 0 aliphatic rings. The van der Waals surface area contributed by atoms with Crippen LogP contribution in [0.25, 0.3) is 0 Å². The quantitative estimate of drug-likeness (QED) is 0.732. The van der Waals surface area contributed by atoms with Gasteiger partial charge in [-0.15, -0.1) is 11.3 Å². The summed E-state index contributed by atoms with van der Waals surface area (Å²) in [6, 6.07) is 0. The van der Waals surface area contributed by atoms with Crippen molar-refractivity contribution in [3.05, 3.63) is 15.8 Å². The van der Waals surface area contributed by atoms with Gasteiger partial charge in [-0.2, -0.15) is 0 Å². The molecule has 0 radical (unpaired) electrons. The van der Waals surface area contributed by atoms with Crippen LogP contribution in [0.15, 0.2) is 5.38 Å². The van der Waals surface area contributed by atoms with E-state index in [-0.39, 0.29) is 0 Å². The Morgan fingerprint density at radius 2 is 1.75 bits per heavy atom. The first-order chi connectivity index (χ1) is 5.54. The lowest BCUT2D eigenvalue weighted by molar-refractivity contribution is -0.256. The fraction of sp³-hybridized carbons (Fsp3) is 0.600. The fourth-order valence-corrected chi connectivity index (χ4v) is 2.58. The van der Waals surface area contributed by atoms with Crippen molar-refractivity contribution in [1.29, 1.82) is 0 Å². The van der Waals surface area contributed by atoms with Crippen LogP contribution in [0.2, 0.25) is 0 Å². The van der Waals surface area contributed by atoms with Gasteiger partial charge < -0.3 is 5.73 Å². The molecule has 1 heterocycles. The standard InChI is InChI=1S/C10H17NS/c1-6(2)8-5-12-10(7(3)4)9(8)11/h5-7H,11H2,1-4H3/p+1. The molecular formula is C10H18NS+. The summed E-state index contributed by atoms with van der Waals surface area (Å²) < 4.78 is 0. The van der Waals surface area contributed by atoms with Crippen molar-refractivity contribution in [3.63, 3.8) is 0 Å². The molecule has 2 heteroatoms. The maximum absolute atomic E-state index is 4.13. The maximum Gasteiger partial charge on any atom is 0.145 e. The van der Waals surface area contributed by atoms with E-state index < -0.39 is 0 Å². The Balaban J connectivity index is 3.04. The molecule has 0 saturated carbocycles. The minimum absolute atomic E-state index is 0.612. The first kappa shape index (κ1) is 9.75. The lowest BCUT2D eigenvalue weighted by Gasteiger charge is -2.03. The molecule has 0 aromatic carbocycles. The van der Waals surface area contributed by atoms with E-state index in [9.17, 15) is 0 Å². The van der Waals surface area contributed by atoms with Crippen LogP contribution in [0.5, 0.6) is 0 Å². The lowest BCUT2D eigenvalue weighted by atomic mass is 10.0. The third-order valence-corrected chi connectivity index (χ3v) is 3.45. The zero-order valence-corrected chi connectivity index (χ0v) is 9.16. The molecule has 0 fully saturated rings. The van der Waals surface area contributed by atoms with Crippen LogP contribution in [0.3, 0.4) is 0 Å². The van der Waals surface area contributed by atoms with Crippen molar-refractivity contribution in [1.82, 2.24) is 0 Å². The fourth-order valence-electron chi connectivity index (χ4n) is 1.38. The van der Waals surface area contributed by atoms with Crippen LogP contribution >= 0.6 is 11.3 Å². The second kappa shape index (κ2) is 3.58. The van der Waals surface area contributed by atoms with Gasteiger partial charge >= 0.3 is 0 Å². The highest BCUT2D eigenvalue weighted by atomic mass is 32.1. The molecule has 0 atom stereocenters. The molecule has 0 amide bonds. The zero-order chi connectivity index (χ0) is 9.30. The Morgan fingerprint density at radius 1 is 1.17 bits per heavy atom. The van der Waals surface area contributed by atoms with E-state index in [2.05, 4.69) is 38.8 Å². The van der Waals surface area contributed by atoms with Crippen LogP contribution in [0, 0.1) is 0 Å². The summed E-state index contributed by atoms with van der Waals surface area (Å²) in [6.07, 6.45) is 0. The Labute approximate surface area is 78.6 Å². The molecule has 0 aliphatic carbocycles. The first-order valence-electron chi connectivity index (χ1n) is 4.47. The van der Waals surface area contributed by atoms with Crippen LogP contribution in [-0.4, -0.2) is 0 Å². The van der Waals surface area contributed by atoms with E-state index >= 15 is 0 Å². The van der Waals surface area contributed by atoms with Gasteiger partial charge in [0.1, 0.15) is 5.69 Å². The molecule has 1 aromatic heterocycles. The van der Waals surface area contributed by atoms with E-state index in [4.69, 9.17) is 0 Å². The summed E-state index contributed by atoms with van der Waals surface area (Å²) in [6.45, 7) is 8.90. The SMILES string of the molecule is CC(C)c1csc(C(C)C)c1[NH3+]. The van der Waals surface area contributed by atoms with E-state index in [0.717, 1.165) is 0 Å². The highest BCUT2D eigenvalue weighted by molar-refractivity contribution is 7.10. The Bertz CT molecular complexity index is 235. The number of rotatable bonds is 2. The topological polar surface area (TPSA) is 27.6 Å². The average Bonchev–Trinajstić information content (AvgIpc) is 2.30. The van der Waals surface area contributed by atoms with Gasteiger partial charge in [-0.1, -0.05) is 27.7 Å². The summed E-state index contributed by atoms with van der Waals surface area (Å²) in [7, 11) is 0. The number of hydrogen-bond donors (Lipinski definition) is 1. The minimum Gasteiger partial charge on any atom is -0.324 e. The van der Waals surface area contributed by atoms with Crippen molar-refractivity contribution >= 4 is 17.0 Å². The molecule has 1 rings (SSSR count). The summed E-state index contributed by atoms with van der Waals surface area (Å²) in [5.41, 5.74) is 6.82.